The van der Waals surface area contributed by atoms with Crippen molar-refractivity contribution in [1.29, 1.82) is 0 Å². The van der Waals surface area contributed by atoms with E-state index in [0.717, 1.165) is 11.3 Å². The molecule has 2 N–H and O–H groups in total. The first kappa shape index (κ1) is 13.3. The van der Waals surface area contributed by atoms with Gasteiger partial charge in [-0.1, -0.05) is 30.3 Å². The third kappa shape index (κ3) is 2.48. The number of nitrogens with two attached hydrogens (primary N) is 1. The molecule has 21 heavy (non-hydrogen) atoms. The Hall–Kier alpha value is -2.73. The average molecular weight is 297 g/mol. The highest BCUT2D eigenvalue weighted by Crippen LogP contribution is 2.35. The maximum Gasteiger partial charge on any atom is 0.279 e. The van der Waals surface area contributed by atoms with Gasteiger partial charge in [-0.2, -0.15) is 0 Å². The van der Waals surface area contributed by atoms with Crippen LogP contribution in [0.2, 0.25) is 0 Å². The van der Waals surface area contributed by atoms with Crippen LogP contribution >= 0.6 is 11.3 Å². The summed E-state index contributed by atoms with van der Waals surface area (Å²) in [6, 6.07) is 14.0. The Kier molecular flexibility index (Phi) is 3.37. The predicted molar refractivity (Wildman–Crippen MR) is 84.1 cm³/mol. The highest BCUT2D eigenvalue weighted by molar-refractivity contribution is 7.13. The lowest BCUT2D eigenvalue weighted by Gasteiger charge is -2.01. The van der Waals surface area contributed by atoms with Crippen molar-refractivity contribution in [3.8, 4) is 21.8 Å². The Morgan fingerprint density at radius 3 is 2.43 bits per heavy atom. The molecule has 0 fully saturated rings. The van der Waals surface area contributed by atoms with Crippen molar-refractivity contribution in [2.24, 2.45) is 0 Å². The van der Waals surface area contributed by atoms with E-state index in [0.29, 0.717) is 16.3 Å². The van der Waals surface area contributed by atoms with Gasteiger partial charge in [0.05, 0.1) is 16.2 Å². The molecule has 0 spiro atoms. The minimum Gasteiger partial charge on any atom is -0.398 e. The van der Waals surface area contributed by atoms with E-state index in [1.165, 1.54) is 17.4 Å². The Bertz CT molecular complexity index is 814. The number of rotatable bonds is 3. The summed E-state index contributed by atoms with van der Waals surface area (Å²) in [6.45, 7) is 0. The van der Waals surface area contributed by atoms with E-state index in [4.69, 9.17) is 5.73 Å². The molecular weight excluding hydrogens is 286 g/mol. The Morgan fingerprint density at radius 1 is 1.05 bits per heavy atom. The second-order valence-corrected chi connectivity index (χ2v) is 5.26. The highest BCUT2D eigenvalue weighted by atomic mass is 32.1. The normalized spacial score (nSPS) is 10.5. The van der Waals surface area contributed by atoms with Crippen LogP contribution in [0, 0.1) is 10.1 Å². The third-order valence-corrected chi connectivity index (χ3v) is 3.95. The van der Waals surface area contributed by atoms with Gasteiger partial charge in [0.1, 0.15) is 5.01 Å². The largest absolute Gasteiger partial charge is 0.398 e. The van der Waals surface area contributed by atoms with E-state index >= 15 is 0 Å². The molecule has 104 valence electrons. The van der Waals surface area contributed by atoms with Gasteiger partial charge < -0.3 is 5.73 Å². The number of nitrogen functional groups attached to an aromatic ring is 1. The molecule has 0 saturated carbocycles. The molecule has 0 aliphatic heterocycles. The molecule has 0 unspecified atom stereocenters. The van der Waals surface area contributed by atoms with Crippen LogP contribution in [0.5, 0.6) is 0 Å². The number of thiazole rings is 1. The lowest BCUT2D eigenvalue weighted by atomic mass is 10.1. The van der Waals surface area contributed by atoms with E-state index in [9.17, 15) is 10.1 Å². The summed E-state index contributed by atoms with van der Waals surface area (Å²) in [4.78, 5) is 15.2. The number of nitrogens with zero attached hydrogens (tertiary/aromatic N) is 2. The van der Waals surface area contributed by atoms with Crippen LogP contribution in [0.15, 0.2) is 53.9 Å². The second kappa shape index (κ2) is 5.34. The number of hydrogen-bond acceptors (Lipinski definition) is 5. The number of para-hydroxylation sites is 2. The van der Waals surface area contributed by atoms with Crippen LogP contribution in [-0.2, 0) is 0 Å². The number of anilines is 1. The zero-order valence-corrected chi connectivity index (χ0v) is 11.7. The quantitative estimate of drug-likeness (QED) is 0.450. The highest BCUT2D eigenvalue weighted by Gasteiger charge is 2.17. The molecular formula is C15H11N3O2S. The van der Waals surface area contributed by atoms with Crippen molar-refractivity contribution < 1.29 is 4.92 Å². The summed E-state index contributed by atoms with van der Waals surface area (Å²) >= 11 is 1.37. The fourth-order valence-electron chi connectivity index (χ4n) is 2.07. The first-order valence-corrected chi connectivity index (χ1v) is 7.09. The van der Waals surface area contributed by atoms with Crippen LogP contribution < -0.4 is 5.73 Å². The van der Waals surface area contributed by atoms with Crippen molar-refractivity contribution in [3.63, 3.8) is 0 Å². The van der Waals surface area contributed by atoms with Crippen LogP contribution in [-0.4, -0.2) is 9.91 Å². The fourth-order valence-corrected chi connectivity index (χ4v) is 2.92. The molecule has 2 aromatic carbocycles. The number of nitro benzene ring substituents is 1. The molecule has 5 nitrogen and oxygen atoms in total. The van der Waals surface area contributed by atoms with Gasteiger partial charge in [0, 0.05) is 22.7 Å². The standard InChI is InChI=1S/C15H11N3O2S/c16-12-7-3-1-5-10(12)13-9-21-15(17-13)11-6-2-4-8-14(11)18(19)20/h1-9H,16H2. The molecule has 0 atom stereocenters. The van der Waals surface area contributed by atoms with Gasteiger partial charge in [-0.3, -0.25) is 10.1 Å². The number of aromatic nitrogens is 1. The molecule has 0 amide bonds. The Balaban J connectivity index is 2.08. The van der Waals surface area contributed by atoms with Crippen LogP contribution in [0.1, 0.15) is 0 Å². The monoisotopic (exact) mass is 297 g/mol. The molecule has 0 aliphatic carbocycles. The molecule has 0 saturated heterocycles. The molecule has 3 aromatic rings. The predicted octanol–water partition coefficient (Wildman–Crippen LogP) is 3.97. The van der Waals surface area contributed by atoms with Crippen molar-refractivity contribution in [2.45, 2.75) is 0 Å². The zero-order valence-electron chi connectivity index (χ0n) is 10.9. The molecule has 6 heteroatoms. The molecule has 0 radical (unpaired) electrons. The van der Waals surface area contributed by atoms with Gasteiger partial charge in [0.15, 0.2) is 0 Å². The number of nitro groups is 1. The van der Waals surface area contributed by atoms with Gasteiger partial charge in [0.25, 0.3) is 5.69 Å². The Morgan fingerprint density at radius 2 is 1.71 bits per heavy atom. The lowest BCUT2D eigenvalue weighted by molar-refractivity contribution is -0.384. The van der Waals surface area contributed by atoms with E-state index in [2.05, 4.69) is 4.98 Å². The Labute approximate surface area is 124 Å². The SMILES string of the molecule is Nc1ccccc1-c1csc(-c2ccccc2[N+](=O)[O-])n1. The topological polar surface area (TPSA) is 82.0 Å². The molecule has 0 bridgehead atoms. The smallest absolute Gasteiger partial charge is 0.279 e. The van der Waals surface area contributed by atoms with Crippen molar-refractivity contribution in [2.75, 3.05) is 5.73 Å². The summed E-state index contributed by atoms with van der Waals surface area (Å²) in [7, 11) is 0. The second-order valence-electron chi connectivity index (χ2n) is 4.40. The van der Waals surface area contributed by atoms with E-state index in [1.807, 2.05) is 23.6 Å². The van der Waals surface area contributed by atoms with Gasteiger partial charge in [-0.05, 0) is 12.1 Å². The van der Waals surface area contributed by atoms with Gasteiger partial charge >= 0.3 is 0 Å². The summed E-state index contributed by atoms with van der Waals surface area (Å²) in [5.41, 5.74) is 8.71. The van der Waals surface area contributed by atoms with Crippen LogP contribution in [0.4, 0.5) is 11.4 Å². The first-order valence-electron chi connectivity index (χ1n) is 6.21. The summed E-state index contributed by atoms with van der Waals surface area (Å²) in [5.74, 6) is 0. The number of benzene rings is 2. The van der Waals surface area contributed by atoms with Gasteiger partial charge in [-0.25, -0.2) is 4.98 Å². The number of hydrogen-bond donors (Lipinski definition) is 1. The first-order chi connectivity index (χ1) is 10.2. The van der Waals surface area contributed by atoms with Crippen LogP contribution in [0.25, 0.3) is 21.8 Å². The maximum absolute atomic E-state index is 11.1. The van der Waals surface area contributed by atoms with Gasteiger partial charge in [0.2, 0.25) is 0 Å². The van der Waals surface area contributed by atoms with Crippen molar-refractivity contribution in [1.82, 2.24) is 4.98 Å². The maximum atomic E-state index is 11.1. The average Bonchev–Trinajstić information content (AvgIpc) is 2.97. The van der Waals surface area contributed by atoms with Crippen molar-refractivity contribution >= 4 is 22.7 Å². The summed E-state index contributed by atoms with van der Waals surface area (Å²) in [6.07, 6.45) is 0. The van der Waals surface area contributed by atoms with Crippen LogP contribution in [0.3, 0.4) is 0 Å². The fraction of sp³-hybridized carbons (Fsp3) is 0. The van der Waals surface area contributed by atoms with E-state index in [-0.39, 0.29) is 5.69 Å². The summed E-state index contributed by atoms with van der Waals surface area (Å²) < 4.78 is 0. The molecule has 1 aromatic heterocycles. The van der Waals surface area contributed by atoms with Gasteiger partial charge in [-0.15, -0.1) is 11.3 Å². The van der Waals surface area contributed by atoms with E-state index in [1.54, 1.807) is 24.3 Å². The summed E-state index contributed by atoms with van der Waals surface area (Å²) in [5, 5.41) is 13.6. The molecule has 3 rings (SSSR count). The molecule has 0 aliphatic rings. The minimum atomic E-state index is -0.396. The lowest BCUT2D eigenvalue weighted by Crippen LogP contribution is -1.92. The third-order valence-electron chi connectivity index (χ3n) is 3.07. The molecule has 1 heterocycles. The van der Waals surface area contributed by atoms with E-state index < -0.39 is 4.92 Å². The minimum absolute atomic E-state index is 0.0550. The zero-order chi connectivity index (χ0) is 14.8. The van der Waals surface area contributed by atoms with Crippen molar-refractivity contribution in [3.05, 3.63) is 64.0 Å².